The maximum absolute atomic E-state index is 12.9. The summed E-state index contributed by atoms with van der Waals surface area (Å²) in [6.07, 6.45) is 0.594. The van der Waals surface area contributed by atoms with Gasteiger partial charge >= 0.3 is 6.03 Å². The molecule has 1 atom stereocenters. The highest BCUT2D eigenvalue weighted by Crippen LogP contribution is 2.17. The topological polar surface area (TPSA) is 76.6 Å². The Morgan fingerprint density at radius 3 is 2.64 bits per heavy atom. The van der Waals surface area contributed by atoms with E-state index in [1.807, 2.05) is 0 Å². The monoisotopic (exact) mass is 346 g/mol. The number of amides is 2. The molecular weight excluding hydrogens is 327 g/mol. The van der Waals surface area contributed by atoms with E-state index in [0.29, 0.717) is 31.4 Å². The first-order chi connectivity index (χ1) is 12.1. The second kappa shape index (κ2) is 7.78. The molecule has 7 nitrogen and oxygen atoms in total. The molecular formula is C17H19FN4O3. The Kier molecular flexibility index (Phi) is 5.27. The summed E-state index contributed by atoms with van der Waals surface area (Å²) in [4.78, 5) is 13.9. The van der Waals surface area contributed by atoms with Gasteiger partial charge in [0, 0.05) is 31.6 Å². The lowest BCUT2D eigenvalue weighted by atomic mass is 10.2. The van der Waals surface area contributed by atoms with E-state index in [1.165, 1.54) is 19.2 Å². The molecule has 25 heavy (non-hydrogen) atoms. The van der Waals surface area contributed by atoms with Gasteiger partial charge in [-0.2, -0.15) is 0 Å². The summed E-state index contributed by atoms with van der Waals surface area (Å²) in [6.45, 7) is 1.43. The number of nitrogens with zero attached hydrogens (tertiary/aromatic N) is 3. The van der Waals surface area contributed by atoms with Gasteiger partial charge in [0.2, 0.25) is 11.8 Å². The molecule has 8 heteroatoms. The van der Waals surface area contributed by atoms with Gasteiger partial charge in [0.25, 0.3) is 0 Å². The molecule has 0 saturated carbocycles. The summed E-state index contributed by atoms with van der Waals surface area (Å²) in [5.41, 5.74) is 0.843. The number of carbonyl (C=O) groups excluding carboxylic acids is 1. The fraction of sp³-hybridized carbons (Fsp3) is 0.353. The Labute approximate surface area is 144 Å². The zero-order chi connectivity index (χ0) is 17.6. The van der Waals surface area contributed by atoms with Gasteiger partial charge in [-0.25, -0.2) is 9.18 Å². The summed E-state index contributed by atoms with van der Waals surface area (Å²) < 4.78 is 23.6. The third kappa shape index (κ3) is 4.56. The van der Waals surface area contributed by atoms with Gasteiger partial charge in [0.1, 0.15) is 11.9 Å². The smallest absolute Gasteiger partial charge is 0.317 e. The van der Waals surface area contributed by atoms with Crippen LogP contribution in [0.3, 0.4) is 0 Å². The molecule has 0 unspecified atom stereocenters. The summed E-state index contributed by atoms with van der Waals surface area (Å²) in [5.74, 6) is 0.524. The quantitative estimate of drug-likeness (QED) is 0.896. The molecule has 1 aromatic heterocycles. The molecule has 1 aliphatic heterocycles. The van der Waals surface area contributed by atoms with Crippen molar-refractivity contribution < 1.29 is 18.7 Å². The fourth-order valence-electron chi connectivity index (χ4n) is 2.55. The molecule has 2 heterocycles. The molecule has 1 aliphatic rings. The Morgan fingerprint density at radius 1 is 1.24 bits per heavy atom. The standard InChI is InChI=1S/C17H19FN4O3/c1-24-15-6-7-16(21-20-15)25-14-8-9-22(11-14)17(23)19-10-12-2-4-13(18)5-3-12/h2-7,14H,8-11H2,1H3,(H,19,23)/t14-/m1/s1. The van der Waals surface area contributed by atoms with E-state index in [0.717, 1.165) is 12.0 Å². The molecule has 0 bridgehead atoms. The highest BCUT2D eigenvalue weighted by molar-refractivity contribution is 5.74. The molecule has 2 aromatic rings. The van der Waals surface area contributed by atoms with Crippen LogP contribution in [0.25, 0.3) is 0 Å². The van der Waals surface area contributed by atoms with Crippen LogP contribution in [0, 0.1) is 5.82 Å². The van der Waals surface area contributed by atoms with E-state index in [2.05, 4.69) is 15.5 Å². The molecule has 2 amide bonds. The number of halogens is 1. The Bertz CT molecular complexity index is 709. The van der Waals surface area contributed by atoms with Crippen molar-refractivity contribution in [2.75, 3.05) is 20.2 Å². The Hall–Kier alpha value is -2.90. The highest BCUT2D eigenvalue weighted by atomic mass is 19.1. The van der Waals surface area contributed by atoms with Crippen molar-refractivity contribution in [3.8, 4) is 11.8 Å². The minimum absolute atomic E-state index is 0.126. The van der Waals surface area contributed by atoms with Crippen LogP contribution in [0.4, 0.5) is 9.18 Å². The van der Waals surface area contributed by atoms with Crippen molar-refractivity contribution in [2.45, 2.75) is 19.1 Å². The third-order valence-corrected chi connectivity index (χ3v) is 3.90. The van der Waals surface area contributed by atoms with Crippen LogP contribution in [0.1, 0.15) is 12.0 Å². The first-order valence-corrected chi connectivity index (χ1v) is 7.95. The number of hydrogen-bond acceptors (Lipinski definition) is 5. The van der Waals surface area contributed by atoms with E-state index in [9.17, 15) is 9.18 Å². The number of rotatable bonds is 5. The highest BCUT2D eigenvalue weighted by Gasteiger charge is 2.27. The van der Waals surface area contributed by atoms with Crippen LogP contribution in [-0.2, 0) is 6.54 Å². The van der Waals surface area contributed by atoms with E-state index in [-0.39, 0.29) is 18.0 Å². The lowest BCUT2D eigenvalue weighted by Gasteiger charge is -2.17. The van der Waals surface area contributed by atoms with Crippen LogP contribution < -0.4 is 14.8 Å². The number of likely N-dealkylation sites (tertiary alicyclic amines) is 1. The number of methoxy groups -OCH3 is 1. The lowest BCUT2D eigenvalue weighted by molar-refractivity contribution is 0.181. The average Bonchev–Trinajstić information content (AvgIpc) is 3.10. The van der Waals surface area contributed by atoms with Crippen LogP contribution >= 0.6 is 0 Å². The van der Waals surface area contributed by atoms with Crippen molar-refractivity contribution >= 4 is 6.03 Å². The Balaban J connectivity index is 1.46. The van der Waals surface area contributed by atoms with Gasteiger partial charge in [-0.15, -0.1) is 10.2 Å². The van der Waals surface area contributed by atoms with Gasteiger partial charge in [0.05, 0.1) is 13.7 Å². The molecule has 0 spiro atoms. The number of hydrogen-bond donors (Lipinski definition) is 1. The lowest BCUT2D eigenvalue weighted by Crippen LogP contribution is -2.39. The molecule has 0 aliphatic carbocycles. The second-order valence-electron chi connectivity index (χ2n) is 5.67. The van der Waals surface area contributed by atoms with Crippen molar-refractivity contribution in [1.82, 2.24) is 20.4 Å². The van der Waals surface area contributed by atoms with E-state index < -0.39 is 0 Å². The number of carbonyl (C=O) groups is 1. The molecule has 0 radical (unpaired) electrons. The number of nitrogens with one attached hydrogen (secondary N) is 1. The van der Waals surface area contributed by atoms with E-state index in [1.54, 1.807) is 29.2 Å². The largest absolute Gasteiger partial charge is 0.480 e. The second-order valence-corrected chi connectivity index (χ2v) is 5.67. The normalized spacial score (nSPS) is 16.6. The van der Waals surface area contributed by atoms with Crippen LogP contribution in [0.15, 0.2) is 36.4 Å². The van der Waals surface area contributed by atoms with Crippen molar-refractivity contribution in [2.24, 2.45) is 0 Å². The zero-order valence-electron chi connectivity index (χ0n) is 13.8. The number of aromatic nitrogens is 2. The summed E-state index contributed by atoms with van der Waals surface area (Å²) in [5, 5.41) is 10.6. The van der Waals surface area contributed by atoms with E-state index in [4.69, 9.17) is 9.47 Å². The van der Waals surface area contributed by atoms with Crippen LogP contribution in [-0.4, -0.2) is 47.4 Å². The molecule has 1 aromatic carbocycles. The predicted octanol–water partition coefficient (Wildman–Crippen LogP) is 1.99. The molecule has 1 N–H and O–H groups in total. The number of urea groups is 1. The van der Waals surface area contributed by atoms with Gasteiger partial charge in [0.15, 0.2) is 0 Å². The molecule has 1 saturated heterocycles. The molecule has 3 rings (SSSR count). The summed E-state index contributed by atoms with van der Waals surface area (Å²) in [6, 6.07) is 9.22. The summed E-state index contributed by atoms with van der Waals surface area (Å²) >= 11 is 0. The van der Waals surface area contributed by atoms with Crippen molar-refractivity contribution in [3.63, 3.8) is 0 Å². The van der Waals surface area contributed by atoms with Gasteiger partial charge in [-0.3, -0.25) is 0 Å². The van der Waals surface area contributed by atoms with Crippen molar-refractivity contribution in [3.05, 3.63) is 47.8 Å². The number of ether oxygens (including phenoxy) is 2. The minimum atomic E-state index is -0.295. The SMILES string of the molecule is COc1ccc(O[C@@H]2CCN(C(=O)NCc3ccc(F)cc3)C2)nn1. The summed E-state index contributed by atoms with van der Waals surface area (Å²) in [7, 11) is 1.52. The first-order valence-electron chi connectivity index (χ1n) is 7.95. The maximum atomic E-state index is 12.9. The van der Waals surface area contributed by atoms with Crippen LogP contribution in [0.5, 0.6) is 11.8 Å². The van der Waals surface area contributed by atoms with E-state index >= 15 is 0 Å². The average molecular weight is 346 g/mol. The first kappa shape index (κ1) is 16.9. The number of benzene rings is 1. The third-order valence-electron chi connectivity index (χ3n) is 3.90. The Morgan fingerprint density at radius 2 is 1.96 bits per heavy atom. The minimum Gasteiger partial charge on any atom is -0.480 e. The maximum Gasteiger partial charge on any atom is 0.317 e. The fourth-order valence-corrected chi connectivity index (χ4v) is 2.55. The van der Waals surface area contributed by atoms with Gasteiger partial charge < -0.3 is 19.7 Å². The molecule has 132 valence electrons. The van der Waals surface area contributed by atoms with Gasteiger partial charge in [-0.1, -0.05) is 12.1 Å². The predicted molar refractivity (Wildman–Crippen MR) is 87.8 cm³/mol. The van der Waals surface area contributed by atoms with Crippen molar-refractivity contribution in [1.29, 1.82) is 0 Å². The van der Waals surface area contributed by atoms with Gasteiger partial charge in [-0.05, 0) is 17.7 Å². The zero-order valence-corrected chi connectivity index (χ0v) is 13.8. The molecule has 1 fully saturated rings. The van der Waals surface area contributed by atoms with Crippen LogP contribution in [0.2, 0.25) is 0 Å².